The molecule has 1 aliphatic heterocycles. The van der Waals surface area contributed by atoms with Crippen molar-refractivity contribution in [1.29, 1.82) is 0 Å². The van der Waals surface area contributed by atoms with Crippen LogP contribution in [0.3, 0.4) is 0 Å². The lowest BCUT2D eigenvalue weighted by atomic mass is 10.0. The van der Waals surface area contributed by atoms with Crippen molar-refractivity contribution in [2.24, 2.45) is 0 Å². The summed E-state index contributed by atoms with van der Waals surface area (Å²) in [5.41, 5.74) is 6.03. The number of aryl methyl sites for hydroxylation is 1. The smallest absolute Gasteiger partial charge is 0.0533 e. The van der Waals surface area contributed by atoms with Crippen LogP contribution in [0.25, 0.3) is 10.9 Å². The average Bonchev–Trinajstić information content (AvgIpc) is 2.63. The quantitative estimate of drug-likeness (QED) is 0.667. The van der Waals surface area contributed by atoms with E-state index in [-0.39, 0.29) is 0 Å². The topological polar surface area (TPSA) is 8.17 Å². The number of nitrogens with zero attached hydrogens (tertiary/aromatic N) is 2. The zero-order valence-corrected chi connectivity index (χ0v) is 13.5. The first kappa shape index (κ1) is 13.7. The largest absolute Gasteiger partial charge is 0.343 e. The molecule has 112 valence electrons. The van der Waals surface area contributed by atoms with Crippen molar-refractivity contribution in [3.05, 3.63) is 34.0 Å². The summed E-state index contributed by atoms with van der Waals surface area (Å²) in [4.78, 5) is 2.43. The first-order valence-electron chi connectivity index (χ1n) is 8.25. The molecule has 0 bridgehead atoms. The molecule has 0 fully saturated rings. The minimum Gasteiger partial charge on any atom is -0.343 e. The fourth-order valence-electron chi connectivity index (χ4n) is 4.12. The number of aromatic nitrogens is 1. The number of rotatable bonds is 0. The van der Waals surface area contributed by atoms with Gasteiger partial charge in [0.1, 0.15) is 0 Å². The van der Waals surface area contributed by atoms with Crippen molar-refractivity contribution in [3.63, 3.8) is 0 Å². The lowest BCUT2D eigenvalue weighted by Crippen LogP contribution is -2.28. The second kappa shape index (κ2) is 5.33. The Bertz CT molecular complexity index is 686. The van der Waals surface area contributed by atoms with Gasteiger partial charge in [0.05, 0.1) is 5.52 Å². The van der Waals surface area contributed by atoms with E-state index < -0.39 is 0 Å². The molecule has 1 aliphatic carbocycles. The first-order valence-corrected chi connectivity index (χ1v) is 8.63. The van der Waals surface area contributed by atoms with Crippen LogP contribution in [0.2, 0.25) is 5.02 Å². The molecule has 2 nitrogen and oxygen atoms in total. The standard InChI is InChI=1S/C18H23ClN2/c1-20-10-9-15-16(19)8-7-14-13-5-3-2-4-6-17(13)21(12-11-20)18(14)15/h7-8H,2-6,9-12H2,1H3. The Balaban J connectivity index is 2.01. The highest BCUT2D eigenvalue weighted by Gasteiger charge is 2.23. The van der Waals surface area contributed by atoms with Gasteiger partial charge in [0.15, 0.2) is 0 Å². The van der Waals surface area contributed by atoms with Crippen molar-refractivity contribution >= 4 is 22.5 Å². The van der Waals surface area contributed by atoms with Gasteiger partial charge in [-0.15, -0.1) is 0 Å². The molecule has 2 aliphatic rings. The predicted octanol–water partition coefficient (Wildman–Crippen LogP) is 4.05. The fraction of sp³-hybridized carbons (Fsp3) is 0.556. The maximum atomic E-state index is 6.55. The summed E-state index contributed by atoms with van der Waals surface area (Å²) in [6.45, 7) is 3.35. The summed E-state index contributed by atoms with van der Waals surface area (Å²) in [6.07, 6.45) is 7.60. The molecule has 0 atom stereocenters. The van der Waals surface area contributed by atoms with Crippen molar-refractivity contribution < 1.29 is 0 Å². The Morgan fingerprint density at radius 2 is 1.76 bits per heavy atom. The molecule has 2 heterocycles. The molecule has 0 saturated heterocycles. The van der Waals surface area contributed by atoms with E-state index in [1.54, 1.807) is 11.3 Å². The maximum absolute atomic E-state index is 6.55. The van der Waals surface area contributed by atoms with Crippen LogP contribution in [0, 0.1) is 0 Å². The molecule has 2 aromatic rings. The minimum atomic E-state index is 0.951. The van der Waals surface area contributed by atoms with Gasteiger partial charge in [-0.2, -0.15) is 0 Å². The van der Waals surface area contributed by atoms with Crippen LogP contribution >= 0.6 is 11.6 Å². The number of likely N-dealkylation sites (N-methyl/N-ethyl adjacent to an activating group) is 1. The van der Waals surface area contributed by atoms with E-state index in [9.17, 15) is 0 Å². The van der Waals surface area contributed by atoms with Crippen LogP contribution in [0.15, 0.2) is 12.1 Å². The predicted molar refractivity (Wildman–Crippen MR) is 89.4 cm³/mol. The highest BCUT2D eigenvalue weighted by atomic mass is 35.5. The van der Waals surface area contributed by atoms with Gasteiger partial charge in [-0.05, 0) is 56.3 Å². The zero-order chi connectivity index (χ0) is 14.4. The van der Waals surface area contributed by atoms with E-state index >= 15 is 0 Å². The summed E-state index contributed by atoms with van der Waals surface area (Å²) >= 11 is 6.55. The second-order valence-electron chi connectivity index (χ2n) is 6.61. The van der Waals surface area contributed by atoms with E-state index in [1.807, 2.05) is 0 Å². The fourth-order valence-corrected chi connectivity index (χ4v) is 4.37. The monoisotopic (exact) mass is 302 g/mol. The Morgan fingerprint density at radius 1 is 0.905 bits per heavy atom. The highest BCUT2D eigenvalue weighted by Crippen LogP contribution is 2.36. The molecule has 0 N–H and O–H groups in total. The SMILES string of the molecule is CN1CCc2c(Cl)ccc3c4c(n(c23)CC1)CCCCC4. The molecule has 1 aromatic heterocycles. The van der Waals surface area contributed by atoms with Crippen molar-refractivity contribution in [3.8, 4) is 0 Å². The first-order chi connectivity index (χ1) is 10.3. The summed E-state index contributed by atoms with van der Waals surface area (Å²) < 4.78 is 2.60. The molecule has 0 radical (unpaired) electrons. The summed E-state index contributed by atoms with van der Waals surface area (Å²) in [6, 6.07) is 4.39. The third kappa shape index (κ3) is 2.20. The second-order valence-corrected chi connectivity index (χ2v) is 7.02. The minimum absolute atomic E-state index is 0.951. The third-order valence-corrected chi connectivity index (χ3v) is 5.64. The number of benzene rings is 1. The number of halogens is 1. The lowest BCUT2D eigenvalue weighted by Gasteiger charge is -2.23. The van der Waals surface area contributed by atoms with Crippen LogP contribution in [0.5, 0.6) is 0 Å². The summed E-state index contributed by atoms with van der Waals surface area (Å²) in [7, 11) is 2.22. The molecule has 4 rings (SSSR count). The molecular formula is C18H23ClN2. The lowest BCUT2D eigenvalue weighted by molar-refractivity contribution is 0.318. The number of fused-ring (bicyclic) bond motifs is 3. The molecule has 0 amide bonds. The van der Waals surface area contributed by atoms with Gasteiger partial charge < -0.3 is 9.47 Å². The number of hydrogen-bond donors (Lipinski definition) is 0. The third-order valence-electron chi connectivity index (χ3n) is 5.28. The molecule has 1 aromatic carbocycles. The average molecular weight is 303 g/mol. The van der Waals surface area contributed by atoms with Crippen molar-refractivity contribution in [2.75, 3.05) is 20.1 Å². The Hall–Kier alpha value is -0.990. The van der Waals surface area contributed by atoms with Gasteiger partial charge in [0.2, 0.25) is 0 Å². The Labute approximate surface area is 131 Å². The van der Waals surface area contributed by atoms with Crippen molar-refractivity contribution in [1.82, 2.24) is 9.47 Å². The molecule has 0 saturated carbocycles. The molecule has 21 heavy (non-hydrogen) atoms. The van der Waals surface area contributed by atoms with Crippen LogP contribution in [0.4, 0.5) is 0 Å². The molecular weight excluding hydrogens is 280 g/mol. The molecule has 0 spiro atoms. The van der Waals surface area contributed by atoms with E-state index in [0.29, 0.717) is 0 Å². The van der Waals surface area contributed by atoms with Gasteiger partial charge in [0.25, 0.3) is 0 Å². The van der Waals surface area contributed by atoms with E-state index in [2.05, 4.69) is 28.6 Å². The Kier molecular flexibility index (Phi) is 3.47. The number of hydrogen-bond acceptors (Lipinski definition) is 1. The van der Waals surface area contributed by atoms with E-state index in [1.165, 1.54) is 48.6 Å². The van der Waals surface area contributed by atoms with Crippen LogP contribution in [-0.2, 0) is 25.8 Å². The van der Waals surface area contributed by atoms with E-state index in [0.717, 1.165) is 31.1 Å². The van der Waals surface area contributed by atoms with Crippen molar-refractivity contribution in [2.45, 2.75) is 45.1 Å². The van der Waals surface area contributed by atoms with Gasteiger partial charge >= 0.3 is 0 Å². The zero-order valence-electron chi connectivity index (χ0n) is 12.8. The van der Waals surface area contributed by atoms with Crippen LogP contribution in [0.1, 0.15) is 36.1 Å². The molecule has 3 heteroatoms. The van der Waals surface area contributed by atoms with E-state index in [4.69, 9.17) is 11.6 Å². The molecule has 0 unspecified atom stereocenters. The normalized spacial score (nSPS) is 19.9. The maximum Gasteiger partial charge on any atom is 0.0533 e. The summed E-state index contributed by atoms with van der Waals surface area (Å²) in [5, 5.41) is 2.43. The van der Waals surface area contributed by atoms with Crippen LogP contribution < -0.4 is 0 Å². The Morgan fingerprint density at radius 3 is 2.67 bits per heavy atom. The van der Waals surface area contributed by atoms with Gasteiger partial charge in [-0.3, -0.25) is 0 Å². The van der Waals surface area contributed by atoms with Gasteiger partial charge in [0, 0.05) is 35.7 Å². The summed E-state index contributed by atoms with van der Waals surface area (Å²) in [5.74, 6) is 0. The van der Waals surface area contributed by atoms with Crippen LogP contribution in [-0.4, -0.2) is 29.6 Å². The highest BCUT2D eigenvalue weighted by molar-refractivity contribution is 6.32. The van der Waals surface area contributed by atoms with Gasteiger partial charge in [-0.25, -0.2) is 0 Å². The van der Waals surface area contributed by atoms with Gasteiger partial charge in [-0.1, -0.05) is 24.1 Å².